The Labute approximate surface area is 163 Å². The van der Waals surface area contributed by atoms with Gasteiger partial charge in [0.1, 0.15) is 5.54 Å². The second kappa shape index (κ2) is 7.46. The lowest BCUT2D eigenvalue weighted by Crippen LogP contribution is -2.49. The number of aromatic nitrogens is 2. The number of carbonyl (C=O) groups is 3. The lowest BCUT2D eigenvalue weighted by Gasteiger charge is -2.21. The summed E-state index contributed by atoms with van der Waals surface area (Å²) in [5.74, 6) is -0.892. The zero-order chi connectivity index (χ0) is 20.5. The molecule has 148 valence electrons. The SMILES string of the molecule is Cc1nn(C)c(C)c1CC(=O)NN1C(=O)NC(C)(CCc2ccccc2)C1=O. The van der Waals surface area contributed by atoms with E-state index in [4.69, 9.17) is 0 Å². The van der Waals surface area contributed by atoms with Crippen LogP contribution in [0.15, 0.2) is 30.3 Å². The molecule has 2 aromatic rings. The van der Waals surface area contributed by atoms with E-state index in [0.717, 1.165) is 27.5 Å². The Morgan fingerprint density at radius 1 is 1.21 bits per heavy atom. The Morgan fingerprint density at radius 2 is 1.89 bits per heavy atom. The number of rotatable bonds is 6. The van der Waals surface area contributed by atoms with Crippen LogP contribution in [0.5, 0.6) is 0 Å². The molecule has 2 N–H and O–H groups in total. The van der Waals surface area contributed by atoms with Gasteiger partial charge in [0.2, 0.25) is 5.91 Å². The van der Waals surface area contributed by atoms with Gasteiger partial charge in [0, 0.05) is 18.3 Å². The van der Waals surface area contributed by atoms with Crippen molar-refractivity contribution in [1.29, 1.82) is 0 Å². The molecule has 1 aromatic heterocycles. The van der Waals surface area contributed by atoms with Crippen LogP contribution in [0.1, 0.15) is 35.9 Å². The molecule has 0 spiro atoms. The van der Waals surface area contributed by atoms with E-state index >= 15 is 0 Å². The Balaban J connectivity index is 1.65. The number of hydrazine groups is 1. The van der Waals surface area contributed by atoms with Crippen molar-refractivity contribution in [2.75, 3.05) is 0 Å². The van der Waals surface area contributed by atoms with Gasteiger partial charge in [-0.25, -0.2) is 4.79 Å². The average Bonchev–Trinajstić information content (AvgIpc) is 3.02. The van der Waals surface area contributed by atoms with Crippen LogP contribution in [-0.2, 0) is 29.5 Å². The third-order valence-corrected chi connectivity index (χ3v) is 5.25. The first-order valence-corrected chi connectivity index (χ1v) is 9.20. The van der Waals surface area contributed by atoms with E-state index in [1.807, 2.05) is 44.2 Å². The molecule has 1 unspecified atom stereocenters. The van der Waals surface area contributed by atoms with Crippen molar-refractivity contribution in [1.82, 2.24) is 25.5 Å². The lowest BCUT2D eigenvalue weighted by molar-refractivity contribution is -0.138. The van der Waals surface area contributed by atoms with Crippen LogP contribution in [0.3, 0.4) is 0 Å². The third-order valence-electron chi connectivity index (χ3n) is 5.25. The predicted molar refractivity (Wildman–Crippen MR) is 103 cm³/mol. The fraction of sp³-hybridized carbons (Fsp3) is 0.400. The Kier molecular flexibility index (Phi) is 5.22. The summed E-state index contributed by atoms with van der Waals surface area (Å²) in [6.07, 6.45) is 1.12. The van der Waals surface area contributed by atoms with Gasteiger partial charge in [-0.15, -0.1) is 0 Å². The molecule has 8 heteroatoms. The van der Waals surface area contributed by atoms with Gasteiger partial charge in [-0.05, 0) is 39.2 Å². The van der Waals surface area contributed by atoms with Gasteiger partial charge in [-0.2, -0.15) is 10.1 Å². The van der Waals surface area contributed by atoms with Crippen LogP contribution in [0.25, 0.3) is 0 Å². The van der Waals surface area contributed by atoms with Crippen LogP contribution >= 0.6 is 0 Å². The van der Waals surface area contributed by atoms with E-state index in [2.05, 4.69) is 15.8 Å². The monoisotopic (exact) mass is 383 g/mol. The summed E-state index contributed by atoms with van der Waals surface area (Å²) in [5, 5.41) is 7.77. The number of imide groups is 1. The number of nitrogens with one attached hydrogen (secondary N) is 2. The minimum absolute atomic E-state index is 0.0449. The van der Waals surface area contributed by atoms with Gasteiger partial charge < -0.3 is 5.32 Å². The first kappa shape index (κ1) is 19.6. The normalized spacial score (nSPS) is 19.1. The van der Waals surface area contributed by atoms with Crippen molar-refractivity contribution < 1.29 is 14.4 Å². The molecule has 1 atom stereocenters. The summed E-state index contributed by atoms with van der Waals surface area (Å²) in [7, 11) is 1.80. The Hall–Kier alpha value is -3.16. The summed E-state index contributed by atoms with van der Waals surface area (Å²) in [5.41, 5.74) is 4.88. The molecule has 1 fully saturated rings. The van der Waals surface area contributed by atoms with Crippen molar-refractivity contribution in [2.24, 2.45) is 7.05 Å². The second-order valence-corrected chi connectivity index (χ2v) is 7.37. The third kappa shape index (κ3) is 3.76. The molecule has 2 heterocycles. The molecule has 1 aliphatic heterocycles. The Bertz CT molecular complexity index is 921. The van der Waals surface area contributed by atoms with Crippen LogP contribution in [0.4, 0.5) is 4.79 Å². The molecule has 3 rings (SSSR count). The largest absolute Gasteiger partial charge is 0.344 e. The molecule has 1 saturated heterocycles. The van der Waals surface area contributed by atoms with Crippen molar-refractivity contribution in [3.8, 4) is 0 Å². The van der Waals surface area contributed by atoms with E-state index in [9.17, 15) is 14.4 Å². The summed E-state index contributed by atoms with van der Waals surface area (Å²) in [6, 6.07) is 9.12. The van der Waals surface area contributed by atoms with Crippen molar-refractivity contribution in [3.63, 3.8) is 0 Å². The van der Waals surface area contributed by atoms with Gasteiger partial charge in [-0.1, -0.05) is 30.3 Å². The molecule has 1 aliphatic rings. The van der Waals surface area contributed by atoms with Crippen LogP contribution in [0.2, 0.25) is 0 Å². The highest BCUT2D eigenvalue weighted by Crippen LogP contribution is 2.22. The number of carbonyl (C=O) groups excluding carboxylic acids is 3. The summed E-state index contributed by atoms with van der Waals surface area (Å²) in [6.45, 7) is 5.37. The van der Waals surface area contributed by atoms with E-state index in [1.54, 1.807) is 18.7 Å². The molecule has 4 amide bonds. The number of hydrogen-bond donors (Lipinski definition) is 2. The zero-order valence-corrected chi connectivity index (χ0v) is 16.6. The van der Waals surface area contributed by atoms with Crippen LogP contribution < -0.4 is 10.7 Å². The molecular formula is C20H25N5O3. The average molecular weight is 383 g/mol. The summed E-state index contributed by atoms with van der Waals surface area (Å²) in [4.78, 5) is 37.5. The first-order valence-electron chi connectivity index (χ1n) is 9.20. The molecule has 28 heavy (non-hydrogen) atoms. The molecule has 8 nitrogen and oxygen atoms in total. The van der Waals surface area contributed by atoms with Crippen LogP contribution in [0, 0.1) is 13.8 Å². The van der Waals surface area contributed by atoms with Crippen molar-refractivity contribution in [2.45, 2.75) is 45.6 Å². The zero-order valence-electron chi connectivity index (χ0n) is 16.6. The molecule has 0 radical (unpaired) electrons. The highest BCUT2D eigenvalue weighted by molar-refractivity contribution is 6.07. The number of urea groups is 1. The molecule has 1 aromatic carbocycles. The fourth-order valence-electron chi connectivity index (χ4n) is 3.39. The number of aryl methyl sites for hydroxylation is 3. The maximum Gasteiger partial charge on any atom is 0.344 e. The molecular weight excluding hydrogens is 358 g/mol. The smallest absolute Gasteiger partial charge is 0.322 e. The number of nitrogens with zero attached hydrogens (tertiary/aromatic N) is 3. The van der Waals surface area contributed by atoms with Gasteiger partial charge in [0.05, 0.1) is 12.1 Å². The molecule has 0 saturated carbocycles. The summed E-state index contributed by atoms with van der Waals surface area (Å²) < 4.78 is 1.70. The second-order valence-electron chi connectivity index (χ2n) is 7.37. The highest BCUT2D eigenvalue weighted by Gasteiger charge is 2.48. The Morgan fingerprint density at radius 3 is 2.50 bits per heavy atom. The van der Waals surface area contributed by atoms with Crippen LogP contribution in [-0.4, -0.2) is 38.2 Å². The van der Waals surface area contributed by atoms with E-state index in [1.165, 1.54) is 0 Å². The molecule has 0 aliphatic carbocycles. The van der Waals surface area contributed by atoms with Gasteiger partial charge in [-0.3, -0.25) is 19.7 Å². The van der Waals surface area contributed by atoms with Gasteiger partial charge in [0.15, 0.2) is 0 Å². The number of hydrogen-bond acceptors (Lipinski definition) is 4. The van der Waals surface area contributed by atoms with Crippen molar-refractivity contribution in [3.05, 3.63) is 52.8 Å². The maximum absolute atomic E-state index is 12.8. The number of benzene rings is 1. The minimum atomic E-state index is -1.06. The van der Waals surface area contributed by atoms with Gasteiger partial charge >= 0.3 is 6.03 Å². The maximum atomic E-state index is 12.8. The van der Waals surface area contributed by atoms with Crippen molar-refractivity contribution >= 4 is 17.8 Å². The minimum Gasteiger partial charge on any atom is -0.322 e. The highest BCUT2D eigenvalue weighted by atomic mass is 16.2. The van der Waals surface area contributed by atoms with Gasteiger partial charge in [0.25, 0.3) is 5.91 Å². The standard InChI is InChI=1S/C20H25N5O3/c1-13-16(14(2)24(4)22-13)12-17(26)23-25-18(27)20(3,21-19(25)28)11-10-15-8-6-5-7-9-15/h5-9H,10-12H2,1-4H3,(H,21,28)(H,23,26). The van der Waals surface area contributed by atoms with E-state index in [0.29, 0.717) is 12.8 Å². The first-order chi connectivity index (χ1) is 13.2. The number of amides is 4. The quantitative estimate of drug-likeness (QED) is 0.740. The fourth-order valence-corrected chi connectivity index (χ4v) is 3.39. The summed E-state index contributed by atoms with van der Waals surface area (Å²) >= 11 is 0. The van der Waals surface area contributed by atoms with E-state index < -0.39 is 23.4 Å². The topological polar surface area (TPSA) is 96.3 Å². The van der Waals surface area contributed by atoms with E-state index in [-0.39, 0.29) is 6.42 Å². The predicted octanol–water partition coefficient (Wildman–Crippen LogP) is 1.55. The lowest BCUT2D eigenvalue weighted by atomic mass is 9.93. The molecule has 0 bridgehead atoms.